The molecule has 1 N–H and O–H groups in total. The van der Waals surface area contributed by atoms with Crippen LogP contribution in [0.3, 0.4) is 0 Å². The Kier molecular flexibility index (Phi) is 5.01. The van der Waals surface area contributed by atoms with E-state index in [0.717, 1.165) is 39.3 Å². The average Bonchev–Trinajstić information content (AvgIpc) is 2.34. The lowest BCUT2D eigenvalue weighted by Gasteiger charge is -2.42. The molecule has 2 aliphatic rings. The van der Waals surface area contributed by atoms with Crippen LogP contribution in [-0.2, 0) is 4.74 Å². The van der Waals surface area contributed by atoms with Crippen molar-refractivity contribution in [1.29, 1.82) is 0 Å². The Labute approximate surface area is 112 Å². The van der Waals surface area contributed by atoms with Crippen molar-refractivity contribution in [3.63, 3.8) is 0 Å². The highest BCUT2D eigenvalue weighted by Gasteiger charge is 2.28. The van der Waals surface area contributed by atoms with Gasteiger partial charge in [0, 0.05) is 50.8 Å². The predicted octanol–water partition coefficient (Wildman–Crippen LogP) is 0.778. The van der Waals surface area contributed by atoms with Gasteiger partial charge in [0.15, 0.2) is 0 Å². The number of morpholine rings is 1. The van der Waals surface area contributed by atoms with Gasteiger partial charge in [-0.3, -0.25) is 9.80 Å². The van der Waals surface area contributed by atoms with E-state index in [1.807, 2.05) is 0 Å². The van der Waals surface area contributed by atoms with Crippen LogP contribution in [0.15, 0.2) is 0 Å². The summed E-state index contributed by atoms with van der Waals surface area (Å²) in [5.41, 5.74) is 0. The number of nitrogens with one attached hydrogen (secondary N) is 1. The molecule has 4 nitrogen and oxygen atoms in total. The van der Waals surface area contributed by atoms with Gasteiger partial charge in [0.1, 0.15) is 0 Å². The van der Waals surface area contributed by atoms with E-state index >= 15 is 0 Å². The van der Waals surface area contributed by atoms with Crippen LogP contribution >= 0.6 is 0 Å². The molecule has 0 aromatic heterocycles. The molecule has 0 saturated carbocycles. The summed E-state index contributed by atoms with van der Waals surface area (Å²) in [6.07, 6.45) is 0.383. The highest BCUT2D eigenvalue weighted by Crippen LogP contribution is 2.13. The third-order valence-electron chi connectivity index (χ3n) is 4.23. The van der Waals surface area contributed by atoms with Gasteiger partial charge in [-0.05, 0) is 27.7 Å². The van der Waals surface area contributed by atoms with E-state index in [4.69, 9.17) is 4.74 Å². The summed E-state index contributed by atoms with van der Waals surface area (Å²) in [4.78, 5) is 5.11. The Morgan fingerprint density at radius 2 is 2.06 bits per heavy atom. The first kappa shape index (κ1) is 14.3. The molecule has 2 fully saturated rings. The van der Waals surface area contributed by atoms with Crippen molar-refractivity contribution in [1.82, 2.24) is 15.1 Å². The van der Waals surface area contributed by atoms with Crippen molar-refractivity contribution in [3.05, 3.63) is 0 Å². The summed E-state index contributed by atoms with van der Waals surface area (Å²) in [5, 5.41) is 3.53. The predicted molar refractivity (Wildman–Crippen MR) is 74.9 cm³/mol. The van der Waals surface area contributed by atoms with Crippen molar-refractivity contribution < 1.29 is 4.74 Å². The maximum Gasteiger partial charge on any atom is 0.0829 e. The highest BCUT2D eigenvalue weighted by atomic mass is 16.5. The van der Waals surface area contributed by atoms with E-state index in [9.17, 15) is 0 Å². The third kappa shape index (κ3) is 3.67. The van der Waals surface area contributed by atoms with E-state index in [0.29, 0.717) is 24.2 Å². The molecule has 0 radical (unpaired) electrons. The van der Waals surface area contributed by atoms with Gasteiger partial charge in [-0.2, -0.15) is 0 Å². The second kappa shape index (κ2) is 6.33. The maximum atomic E-state index is 5.94. The lowest BCUT2D eigenvalue weighted by molar-refractivity contribution is -0.0595. The number of nitrogens with zero attached hydrogens (tertiary/aromatic N) is 2. The van der Waals surface area contributed by atoms with Crippen molar-refractivity contribution in [2.45, 2.75) is 51.9 Å². The number of rotatable bonds is 3. The molecule has 2 aliphatic heterocycles. The smallest absolute Gasteiger partial charge is 0.0829 e. The van der Waals surface area contributed by atoms with Crippen molar-refractivity contribution in [2.24, 2.45) is 0 Å². The van der Waals surface area contributed by atoms with Crippen molar-refractivity contribution >= 4 is 0 Å². The molecule has 3 atom stereocenters. The Balaban J connectivity index is 1.84. The van der Waals surface area contributed by atoms with Gasteiger partial charge in [-0.1, -0.05) is 0 Å². The fourth-order valence-electron chi connectivity index (χ4n) is 2.93. The first-order valence-corrected chi connectivity index (χ1v) is 7.39. The Bertz CT molecular complexity index is 259. The maximum absolute atomic E-state index is 5.94. The summed E-state index contributed by atoms with van der Waals surface area (Å²) in [6.45, 7) is 15.5. The molecular formula is C14H29N3O. The molecule has 0 aliphatic carbocycles. The van der Waals surface area contributed by atoms with Gasteiger partial charge >= 0.3 is 0 Å². The SMILES string of the molecule is CC1CN(CC2CN(C(C)C)CCO2)C(C)CN1. The minimum absolute atomic E-state index is 0.383. The lowest BCUT2D eigenvalue weighted by Crippen LogP contribution is -2.58. The van der Waals surface area contributed by atoms with Crippen LogP contribution in [0.5, 0.6) is 0 Å². The van der Waals surface area contributed by atoms with E-state index in [1.165, 1.54) is 0 Å². The van der Waals surface area contributed by atoms with Crippen LogP contribution in [-0.4, -0.2) is 73.4 Å². The normalized spacial score (nSPS) is 36.2. The van der Waals surface area contributed by atoms with E-state index in [1.54, 1.807) is 0 Å². The van der Waals surface area contributed by atoms with E-state index in [-0.39, 0.29) is 0 Å². The minimum atomic E-state index is 0.383. The topological polar surface area (TPSA) is 27.7 Å². The van der Waals surface area contributed by atoms with Crippen LogP contribution in [0.1, 0.15) is 27.7 Å². The van der Waals surface area contributed by atoms with Crippen LogP contribution in [0, 0.1) is 0 Å². The molecule has 4 heteroatoms. The average molecular weight is 255 g/mol. The molecule has 0 aromatic carbocycles. The monoisotopic (exact) mass is 255 g/mol. The summed E-state index contributed by atoms with van der Waals surface area (Å²) >= 11 is 0. The molecular weight excluding hydrogens is 226 g/mol. The molecule has 0 amide bonds. The zero-order valence-corrected chi connectivity index (χ0v) is 12.4. The molecule has 106 valence electrons. The lowest BCUT2D eigenvalue weighted by atomic mass is 10.1. The van der Waals surface area contributed by atoms with E-state index in [2.05, 4.69) is 42.8 Å². The zero-order chi connectivity index (χ0) is 13.1. The molecule has 3 unspecified atom stereocenters. The standard InChI is InChI=1S/C14H29N3O/c1-11(2)16-5-6-18-14(9-16)10-17-8-12(3)15-7-13(17)4/h11-15H,5-10H2,1-4H3. The largest absolute Gasteiger partial charge is 0.374 e. The van der Waals surface area contributed by atoms with Gasteiger partial charge in [-0.15, -0.1) is 0 Å². The van der Waals surface area contributed by atoms with Crippen LogP contribution in [0.25, 0.3) is 0 Å². The fourth-order valence-corrected chi connectivity index (χ4v) is 2.93. The minimum Gasteiger partial charge on any atom is -0.374 e. The van der Waals surface area contributed by atoms with Gasteiger partial charge in [-0.25, -0.2) is 0 Å². The van der Waals surface area contributed by atoms with E-state index < -0.39 is 0 Å². The summed E-state index contributed by atoms with van der Waals surface area (Å²) < 4.78 is 5.94. The second-order valence-corrected chi connectivity index (χ2v) is 6.19. The van der Waals surface area contributed by atoms with Gasteiger partial charge in [0.2, 0.25) is 0 Å². The van der Waals surface area contributed by atoms with Crippen molar-refractivity contribution in [2.75, 3.05) is 39.3 Å². The number of hydrogen-bond acceptors (Lipinski definition) is 4. The first-order chi connectivity index (χ1) is 8.56. The molecule has 0 spiro atoms. The zero-order valence-electron chi connectivity index (χ0n) is 12.4. The Morgan fingerprint density at radius 3 is 2.78 bits per heavy atom. The Morgan fingerprint density at radius 1 is 1.28 bits per heavy atom. The summed E-state index contributed by atoms with van der Waals surface area (Å²) in [6, 6.07) is 1.86. The summed E-state index contributed by atoms with van der Waals surface area (Å²) in [7, 11) is 0. The van der Waals surface area contributed by atoms with Gasteiger partial charge < -0.3 is 10.1 Å². The van der Waals surface area contributed by atoms with Crippen LogP contribution < -0.4 is 5.32 Å². The first-order valence-electron chi connectivity index (χ1n) is 7.39. The number of piperazine rings is 1. The van der Waals surface area contributed by atoms with Crippen molar-refractivity contribution in [3.8, 4) is 0 Å². The third-order valence-corrected chi connectivity index (χ3v) is 4.23. The molecule has 18 heavy (non-hydrogen) atoms. The number of hydrogen-bond donors (Lipinski definition) is 1. The molecule has 2 saturated heterocycles. The quantitative estimate of drug-likeness (QED) is 0.806. The number of ether oxygens (including phenoxy) is 1. The van der Waals surface area contributed by atoms with Gasteiger partial charge in [0.05, 0.1) is 12.7 Å². The molecule has 0 aromatic rings. The van der Waals surface area contributed by atoms with Crippen LogP contribution in [0.4, 0.5) is 0 Å². The molecule has 2 heterocycles. The molecule has 0 bridgehead atoms. The Hall–Kier alpha value is -0.160. The highest BCUT2D eigenvalue weighted by molar-refractivity contribution is 4.85. The summed E-state index contributed by atoms with van der Waals surface area (Å²) in [5.74, 6) is 0. The second-order valence-electron chi connectivity index (χ2n) is 6.19. The molecule has 2 rings (SSSR count). The van der Waals surface area contributed by atoms with Gasteiger partial charge in [0.25, 0.3) is 0 Å². The fraction of sp³-hybridized carbons (Fsp3) is 1.00. The van der Waals surface area contributed by atoms with Crippen LogP contribution in [0.2, 0.25) is 0 Å².